The summed E-state index contributed by atoms with van der Waals surface area (Å²) in [5.41, 5.74) is 1.08. The van der Waals surface area contributed by atoms with Gasteiger partial charge in [-0.25, -0.2) is 4.39 Å². The van der Waals surface area contributed by atoms with Crippen molar-refractivity contribution in [1.29, 1.82) is 0 Å². The Balaban J connectivity index is 1.22. The van der Waals surface area contributed by atoms with E-state index in [4.69, 9.17) is 4.74 Å². The Labute approximate surface area is 209 Å². The minimum absolute atomic E-state index is 0.0972. The summed E-state index contributed by atoms with van der Waals surface area (Å²) in [6.07, 6.45) is 13.2. The van der Waals surface area contributed by atoms with Crippen molar-refractivity contribution < 1.29 is 13.9 Å². The highest BCUT2D eigenvalue weighted by molar-refractivity contribution is 5.83. The Kier molecular flexibility index (Phi) is 5.86. The highest BCUT2D eigenvalue weighted by Gasteiger charge is 2.62. The highest BCUT2D eigenvalue weighted by atomic mass is 19.1. The van der Waals surface area contributed by atoms with Crippen LogP contribution in [0, 0.1) is 52.2 Å². The van der Waals surface area contributed by atoms with E-state index in [2.05, 4.69) is 18.9 Å². The van der Waals surface area contributed by atoms with E-state index in [0.717, 1.165) is 48.5 Å². The molecule has 0 saturated heterocycles. The number of rotatable bonds is 5. The lowest BCUT2D eigenvalue weighted by molar-refractivity contribution is -0.154. The minimum Gasteiger partial charge on any atom is -0.384 e. The third-order valence-corrected chi connectivity index (χ3v) is 11.3. The number of ketones is 1. The van der Waals surface area contributed by atoms with E-state index in [-0.39, 0.29) is 17.2 Å². The molecule has 4 aliphatic rings. The molecule has 7 unspecified atom stereocenters. The summed E-state index contributed by atoms with van der Waals surface area (Å²) in [4.78, 5) is 13.7. The number of methoxy groups -OCH3 is 1. The minimum atomic E-state index is -0.287. The highest BCUT2D eigenvalue weighted by Crippen LogP contribution is 2.68. The smallest absolute Gasteiger partial charge is 0.157 e. The Morgan fingerprint density at radius 3 is 2.83 bits per heavy atom. The van der Waals surface area contributed by atoms with Gasteiger partial charge >= 0.3 is 0 Å². The van der Waals surface area contributed by atoms with Crippen LogP contribution in [0.15, 0.2) is 24.4 Å². The molecule has 5 heteroatoms. The van der Waals surface area contributed by atoms with Crippen LogP contribution in [0.1, 0.15) is 71.6 Å². The molecule has 4 saturated carbocycles. The van der Waals surface area contributed by atoms with Gasteiger partial charge in [-0.1, -0.05) is 20.3 Å². The van der Waals surface area contributed by atoms with Crippen molar-refractivity contribution in [1.82, 2.24) is 9.78 Å². The van der Waals surface area contributed by atoms with Gasteiger partial charge in [0, 0.05) is 30.7 Å². The summed E-state index contributed by atoms with van der Waals surface area (Å²) in [6, 6.07) is 4.64. The lowest BCUT2D eigenvalue weighted by Gasteiger charge is -2.61. The van der Waals surface area contributed by atoms with E-state index in [1.165, 1.54) is 57.1 Å². The van der Waals surface area contributed by atoms with Gasteiger partial charge in [-0.05, 0) is 104 Å². The van der Waals surface area contributed by atoms with Gasteiger partial charge < -0.3 is 4.74 Å². The van der Waals surface area contributed by atoms with Crippen LogP contribution in [-0.2, 0) is 16.1 Å². The van der Waals surface area contributed by atoms with Crippen LogP contribution in [0.4, 0.5) is 4.39 Å². The van der Waals surface area contributed by atoms with E-state index in [9.17, 15) is 9.18 Å². The van der Waals surface area contributed by atoms with Crippen LogP contribution in [0.3, 0.4) is 0 Å². The molecule has 0 N–H and O–H groups in total. The molecule has 1 aromatic carbocycles. The maximum Gasteiger partial charge on any atom is 0.157 e. The predicted molar refractivity (Wildman–Crippen MR) is 135 cm³/mol. The van der Waals surface area contributed by atoms with Crippen LogP contribution in [0.2, 0.25) is 0 Å². The third kappa shape index (κ3) is 3.70. The molecule has 190 valence electrons. The average molecular weight is 481 g/mol. The number of halogens is 1. The molecule has 4 aliphatic carbocycles. The number of aromatic nitrogens is 2. The first-order valence-corrected chi connectivity index (χ1v) is 14.0. The summed E-state index contributed by atoms with van der Waals surface area (Å²) < 4.78 is 21.3. The van der Waals surface area contributed by atoms with Gasteiger partial charge in [0.05, 0.1) is 18.7 Å². The standard InChI is InChI=1S/C30H41FN2O2/c1-19-10-13-30(18-35-3)21(14-19)5-7-23-24-8-9-26(29(24,2)12-11-25(23)30)28(34)17-33-16-20-4-6-22(31)15-27(20)32-33/h4,6,15-16,19,21,23-26H,5,7-14,17-18H2,1-3H3/t19?,21?,23?,24?,25?,26-,29?,30?/m1/s1. The van der Waals surface area contributed by atoms with Crippen LogP contribution >= 0.6 is 0 Å². The Bertz CT molecular complexity index is 1110. The zero-order chi connectivity index (χ0) is 24.4. The number of carbonyl (C=O) groups is 1. The van der Waals surface area contributed by atoms with E-state index in [1.54, 1.807) is 10.7 Å². The lowest BCUT2D eigenvalue weighted by atomic mass is 9.44. The number of fused-ring (bicyclic) bond motifs is 6. The largest absolute Gasteiger partial charge is 0.384 e. The van der Waals surface area contributed by atoms with Crippen molar-refractivity contribution in [2.45, 2.75) is 78.2 Å². The lowest BCUT2D eigenvalue weighted by Crippen LogP contribution is -2.56. The molecule has 0 amide bonds. The predicted octanol–water partition coefficient (Wildman–Crippen LogP) is 6.67. The Morgan fingerprint density at radius 2 is 2.00 bits per heavy atom. The summed E-state index contributed by atoms with van der Waals surface area (Å²) in [7, 11) is 1.90. The monoisotopic (exact) mass is 480 g/mol. The van der Waals surface area contributed by atoms with Crippen molar-refractivity contribution in [3.05, 3.63) is 30.2 Å². The SMILES string of the molecule is COCC12CCC(C)CC1CCC1C2CCC2(C)C1CC[C@@H]2C(=O)Cn1cc2ccc(F)cc2n1. The van der Waals surface area contributed by atoms with Crippen LogP contribution in [0.5, 0.6) is 0 Å². The molecule has 35 heavy (non-hydrogen) atoms. The molecule has 0 spiro atoms. The molecule has 2 aromatic rings. The zero-order valence-electron chi connectivity index (χ0n) is 21.6. The Morgan fingerprint density at radius 1 is 1.14 bits per heavy atom. The maximum absolute atomic E-state index is 13.7. The summed E-state index contributed by atoms with van der Waals surface area (Å²) in [5.74, 6) is 3.94. The molecule has 4 nitrogen and oxygen atoms in total. The van der Waals surface area contributed by atoms with Gasteiger partial charge in [0.1, 0.15) is 5.82 Å². The van der Waals surface area contributed by atoms with Crippen molar-refractivity contribution in [2.24, 2.45) is 46.3 Å². The van der Waals surface area contributed by atoms with Gasteiger partial charge in [-0.15, -0.1) is 0 Å². The molecule has 1 aromatic heterocycles. The van der Waals surface area contributed by atoms with Crippen LogP contribution in [0.25, 0.3) is 10.9 Å². The summed E-state index contributed by atoms with van der Waals surface area (Å²) >= 11 is 0. The topological polar surface area (TPSA) is 44.1 Å². The quantitative estimate of drug-likeness (QED) is 0.480. The first-order chi connectivity index (χ1) is 16.8. The van der Waals surface area contributed by atoms with Crippen LogP contribution in [-0.4, -0.2) is 29.3 Å². The molecule has 1 heterocycles. The second-order valence-electron chi connectivity index (χ2n) is 12.9. The van der Waals surface area contributed by atoms with Gasteiger partial charge in [-0.2, -0.15) is 5.10 Å². The number of ether oxygens (including phenoxy) is 1. The first-order valence-electron chi connectivity index (χ1n) is 14.0. The van der Waals surface area contributed by atoms with Gasteiger partial charge in [0.25, 0.3) is 0 Å². The van der Waals surface area contributed by atoms with Gasteiger partial charge in [-0.3, -0.25) is 9.48 Å². The second kappa shape index (κ2) is 8.68. The molecule has 0 aliphatic heterocycles. The van der Waals surface area contributed by atoms with Crippen molar-refractivity contribution in [3.63, 3.8) is 0 Å². The molecular formula is C30H41FN2O2. The van der Waals surface area contributed by atoms with E-state index >= 15 is 0 Å². The number of carbonyl (C=O) groups excluding carboxylic acids is 1. The average Bonchev–Trinajstić information content (AvgIpc) is 3.38. The molecule has 8 atom stereocenters. The summed E-state index contributed by atoms with van der Waals surface area (Å²) in [6.45, 7) is 6.08. The number of nitrogens with zero attached hydrogens (tertiary/aromatic N) is 2. The number of hydrogen-bond acceptors (Lipinski definition) is 3. The molecule has 0 bridgehead atoms. The zero-order valence-corrected chi connectivity index (χ0v) is 21.6. The fourth-order valence-corrected chi connectivity index (χ4v) is 9.73. The molecule has 4 fully saturated rings. The number of hydrogen-bond donors (Lipinski definition) is 0. The fourth-order valence-electron chi connectivity index (χ4n) is 9.73. The summed E-state index contributed by atoms with van der Waals surface area (Å²) in [5, 5.41) is 5.39. The van der Waals surface area contributed by atoms with E-state index in [0.29, 0.717) is 29.2 Å². The second-order valence-corrected chi connectivity index (χ2v) is 12.9. The fraction of sp³-hybridized carbons (Fsp3) is 0.733. The normalized spacial score (nSPS) is 40.8. The Hall–Kier alpha value is -1.75. The van der Waals surface area contributed by atoms with Crippen LogP contribution < -0.4 is 0 Å². The van der Waals surface area contributed by atoms with Crippen molar-refractivity contribution in [2.75, 3.05) is 13.7 Å². The molecule has 0 radical (unpaired) electrons. The van der Waals surface area contributed by atoms with Gasteiger partial charge in [0.2, 0.25) is 0 Å². The third-order valence-electron chi connectivity index (χ3n) is 11.3. The van der Waals surface area contributed by atoms with Gasteiger partial charge in [0.15, 0.2) is 5.78 Å². The van der Waals surface area contributed by atoms with Crippen molar-refractivity contribution >= 4 is 16.7 Å². The molecule has 6 rings (SSSR count). The first kappa shape index (κ1) is 23.6. The van der Waals surface area contributed by atoms with E-state index in [1.807, 2.05) is 13.3 Å². The van der Waals surface area contributed by atoms with E-state index < -0.39 is 0 Å². The maximum atomic E-state index is 13.7. The number of benzene rings is 1. The number of Topliss-reactive ketones (excluding diaryl/α,β-unsaturated/α-hetero) is 1. The van der Waals surface area contributed by atoms with Crippen molar-refractivity contribution in [3.8, 4) is 0 Å². The molecular weight excluding hydrogens is 439 g/mol.